The molecule has 4 aromatic rings. The van der Waals surface area contributed by atoms with Gasteiger partial charge in [-0.3, -0.25) is 13.9 Å². The lowest BCUT2D eigenvalue weighted by Crippen LogP contribution is -2.54. The van der Waals surface area contributed by atoms with Crippen molar-refractivity contribution in [3.8, 4) is 0 Å². The van der Waals surface area contributed by atoms with E-state index in [4.69, 9.17) is 34.8 Å². The number of hydrogen-bond acceptors (Lipinski definition) is 4. The average molecular weight is 713 g/mol. The molecule has 0 aliphatic heterocycles. The van der Waals surface area contributed by atoms with Gasteiger partial charge in [0.2, 0.25) is 11.8 Å². The van der Waals surface area contributed by atoms with Gasteiger partial charge in [0.05, 0.1) is 10.6 Å². The minimum absolute atomic E-state index is 0.00159. The van der Waals surface area contributed by atoms with Gasteiger partial charge in [-0.15, -0.1) is 0 Å². The Bertz CT molecular complexity index is 1820. The molecule has 11 heteroatoms. The highest BCUT2D eigenvalue weighted by Gasteiger charge is 2.36. The normalized spacial score (nSPS) is 14.0. The Balaban J connectivity index is 1.58. The lowest BCUT2D eigenvalue weighted by molar-refractivity contribution is -0.140. The van der Waals surface area contributed by atoms with Crippen molar-refractivity contribution >= 4 is 62.3 Å². The van der Waals surface area contributed by atoms with Crippen molar-refractivity contribution in [1.82, 2.24) is 10.2 Å². The van der Waals surface area contributed by atoms with E-state index in [9.17, 15) is 18.0 Å². The van der Waals surface area contributed by atoms with Crippen LogP contribution in [0.5, 0.6) is 0 Å². The van der Waals surface area contributed by atoms with E-state index >= 15 is 0 Å². The van der Waals surface area contributed by atoms with Gasteiger partial charge in [0.15, 0.2) is 0 Å². The molecule has 47 heavy (non-hydrogen) atoms. The Kier molecular flexibility index (Phi) is 11.5. The van der Waals surface area contributed by atoms with Crippen LogP contribution in [0.2, 0.25) is 15.1 Å². The fourth-order valence-corrected chi connectivity index (χ4v) is 7.81. The highest BCUT2D eigenvalue weighted by Crippen LogP contribution is 2.29. The second-order valence-corrected chi connectivity index (χ2v) is 14.9. The molecule has 1 N–H and O–H groups in total. The SMILES string of the molecule is Cc1ccc(S(=O)(=O)N(CC(=O)N(Cc2ccc(Cl)cc2Cl)[C@H](Cc2ccccc2)C(=O)NC2CCCC2)c2cccc(Cl)c2)cc1. The molecule has 0 aromatic heterocycles. The molecule has 1 fully saturated rings. The van der Waals surface area contributed by atoms with E-state index in [0.29, 0.717) is 20.6 Å². The largest absolute Gasteiger partial charge is 0.352 e. The highest BCUT2D eigenvalue weighted by atomic mass is 35.5. The predicted octanol–water partition coefficient (Wildman–Crippen LogP) is 7.85. The molecule has 1 atom stereocenters. The van der Waals surface area contributed by atoms with E-state index in [1.807, 2.05) is 37.3 Å². The Morgan fingerprint density at radius 3 is 2.19 bits per heavy atom. The molecule has 1 aliphatic carbocycles. The smallest absolute Gasteiger partial charge is 0.264 e. The first-order valence-corrected chi connectivity index (χ1v) is 18.0. The van der Waals surface area contributed by atoms with Crippen molar-refractivity contribution in [3.05, 3.63) is 129 Å². The Morgan fingerprint density at radius 1 is 0.851 bits per heavy atom. The number of rotatable bonds is 12. The molecule has 1 aliphatic rings. The molecule has 0 unspecified atom stereocenters. The van der Waals surface area contributed by atoms with Gasteiger partial charge in [0.1, 0.15) is 12.6 Å². The minimum atomic E-state index is -4.24. The van der Waals surface area contributed by atoms with Crippen LogP contribution in [-0.4, -0.2) is 43.8 Å². The molecule has 4 aromatic carbocycles. The fraction of sp³-hybridized carbons (Fsp3) is 0.278. The molecule has 0 radical (unpaired) electrons. The van der Waals surface area contributed by atoms with Crippen LogP contribution in [0.25, 0.3) is 0 Å². The van der Waals surface area contributed by atoms with Crippen molar-refractivity contribution in [2.75, 3.05) is 10.8 Å². The Morgan fingerprint density at radius 2 is 1.53 bits per heavy atom. The zero-order valence-corrected chi connectivity index (χ0v) is 29.0. The maximum Gasteiger partial charge on any atom is 0.264 e. The number of carbonyl (C=O) groups is 2. The topological polar surface area (TPSA) is 86.8 Å². The van der Waals surface area contributed by atoms with Crippen LogP contribution in [0.1, 0.15) is 42.4 Å². The third-order valence-corrected chi connectivity index (χ3v) is 10.9. The summed E-state index contributed by atoms with van der Waals surface area (Å²) in [7, 11) is -4.24. The fourth-order valence-electron chi connectivity index (χ4n) is 5.75. The number of benzene rings is 4. The number of nitrogens with one attached hydrogen (secondary N) is 1. The van der Waals surface area contributed by atoms with E-state index in [2.05, 4.69) is 5.32 Å². The van der Waals surface area contributed by atoms with Crippen LogP contribution in [-0.2, 0) is 32.6 Å². The van der Waals surface area contributed by atoms with Crippen LogP contribution >= 0.6 is 34.8 Å². The lowest BCUT2D eigenvalue weighted by atomic mass is 10.0. The van der Waals surface area contributed by atoms with E-state index < -0.39 is 28.5 Å². The number of aryl methyl sites for hydroxylation is 1. The second kappa shape index (κ2) is 15.6. The lowest BCUT2D eigenvalue weighted by Gasteiger charge is -2.34. The summed E-state index contributed by atoms with van der Waals surface area (Å²) in [6.45, 7) is 1.21. The minimum Gasteiger partial charge on any atom is -0.352 e. The number of sulfonamides is 1. The van der Waals surface area contributed by atoms with Gasteiger partial charge < -0.3 is 10.2 Å². The van der Waals surface area contributed by atoms with Crippen LogP contribution < -0.4 is 9.62 Å². The summed E-state index contributed by atoms with van der Waals surface area (Å²) in [4.78, 5) is 30.2. The van der Waals surface area contributed by atoms with E-state index in [1.54, 1.807) is 48.5 Å². The summed E-state index contributed by atoms with van der Waals surface area (Å²) < 4.78 is 29.4. The average Bonchev–Trinajstić information content (AvgIpc) is 3.56. The number of nitrogens with zero attached hydrogens (tertiary/aromatic N) is 2. The zero-order valence-electron chi connectivity index (χ0n) is 25.9. The Labute approximate surface area is 291 Å². The number of hydrogen-bond donors (Lipinski definition) is 1. The van der Waals surface area contributed by atoms with Gasteiger partial charge in [0.25, 0.3) is 10.0 Å². The molecular formula is C36H36Cl3N3O4S. The maximum atomic E-state index is 14.6. The van der Waals surface area contributed by atoms with Crippen LogP contribution in [0, 0.1) is 6.92 Å². The molecule has 0 heterocycles. The van der Waals surface area contributed by atoms with E-state index in [-0.39, 0.29) is 35.5 Å². The van der Waals surface area contributed by atoms with Crippen LogP contribution in [0.4, 0.5) is 5.69 Å². The number of halogens is 3. The molecule has 5 rings (SSSR count). The van der Waals surface area contributed by atoms with Gasteiger partial charge >= 0.3 is 0 Å². The molecule has 7 nitrogen and oxygen atoms in total. The third-order valence-electron chi connectivity index (χ3n) is 8.31. The second-order valence-electron chi connectivity index (χ2n) is 11.8. The maximum absolute atomic E-state index is 14.6. The number of amides is 2. The summed E-state index contributed by atoms with van der Waals surface area (Å²) in [6, 6.07) is 26.1. The van der Waals surface area contributed by atoms with Gasteiger partial charge in [-0.05, 0) is 73.4 Å². The van der Waals surface area contributed by atoms with Gasteiger partial charge in [0, 0.05) is 34.1 Å². The molecule has 2 amide bonds. The summed E-state index contributed by atoms with van der Waals surface area (Å²) >= 11 is 19.1. The van der Waals surface area contributed by atoms with E-state index in [0.717, 1.165) is 41.1 Å². The molecule has 0 saturated heterocycles. The van der Waals surface area contributed by atoms with Crippen LogP contribution in [0.15, 0.2) is 102 Å². The number of anilines is 1. The van der Waals surface area contributed by atoms with Crippen molar-refractivity contribution in [1.29, 1.82) is 0 Å². The first kappa shape index (κ1) is 34.8. The monoisotopic (exact) mass is 711 g/mol. The third kappa shape index (κ3) is 8.87. The summed E-state index contributed by atoms with van der Waals surface area (Å²) in [5, 5.41) is 4.22. The first-order chi connectivity index (χ1) is 22.5. The molecule has 0 bridgehead atoms. The summed E-state index contributed by atoms with van der Waals surface area (Å²) in [6.07, 6.45) is 3.96. The Hall–Kier alpha value is -3.56. The quantitative estimate of drug-likeness (QED) is 0.162. The van der Waals surface area contributed by atoms with E-state index in [1.165, 1.54) is 23.1 Å². The molecule has 1 saturated carbocycles. The summed E-state index contributed by atoms with van der Waals surface area (Å²) in [5.74, 6) is -0.899. The standard InChI is InChI=1S/C36H36Cl3N3O4S/c1-25-14-18-32(19-15-25)47(45,46)42(31-13-7-10-28(37)21-31)24-35(43)41(23-27-16-17-29(38)22-33(27)39)34(20-26-8-3-2-4-9-26)36(44)40-30-11-5-6-12-30/h2-4,7-10,13-19,21-22,30,34H,5-6,11-12,20,23-24H2,1H3,(H,40,44)/t34-/m1/s1. The zero-order chi connectivity index (χ0) is 33.6. The van der Waals surface area contributed by atoms with Crippen molar-refractivity contribution in [3.63, 3.8) is 0 Å². The van der Waals surface area contributed by atoms with Gasteiger partial charge in [-0.2, -0.15) is 0 Å². The molecule has 246 valence electrons. The van der Waals surface area contributed by atoms with Gasteiger partial charge in [-0.25, -0.2) is 8.42 Å². The summed E-state index contributed by atoms with van der Waals surface area (Å²) in [5.41, 5.74) is 2.51. The van der Waals surface area contributed by atoms with Crippen molar-refractivity contribution < 1.29 is 18.0 Å². The van der Waals surface area contributed by atoms with Crippen molar-refractivity contribution in [2.24, 2.45) is 0 Å². The highest BCUT2D eigenvalue weighted by molar-refractivity contribution is 7.92. The first-order valence-electron chi connectivity index (χ1n) is 15.4. The van der Waals surface area contributed by atoms with Crippen molar-refractivity contribution in [2.45, 2.75) is 62.6 Å². The molecular weight excluding hydrogens is 677 g/mol. The van der Waals surface area contributed by atoms with Crippen LogP contribution in [0.3, 0.4) is 0 Å². The predicted molar refractivity (Wildman–Crippen MR) is 189 cm³/mol. The number of carbonyl (C=O) groups excluding carboxylic acids is 2. The van der Waals surface area contributed by atoms with Gasteiger partial charge in [-0.1, -0.05) is 108 Å². The molecule has 0 spiro atoms.